The summed E-state index contributed by atoms with van der Waals surface area (Å²) < 4.78 is 5.18. The summed E-state index contributed by atoms with van der Waals surface area (Å²) in [5.74, 6) is 0.544. The van der Waals surface area contributed by atoms with E-state index in [1.165, 1.54) is 17.5 Å². The van der Waals surface area contributed by atoms with Crippen LogP contribution in [0.1, 0.15) is 40.9 Å². The third-order valence-electron chi connectivity index (χ3n) is 7.90. The van der Waals surface area contributed by atoms with Crippen molar-refractivity contribution in [2.45, 2.75) is 50.4 Å². The Morgan fingerprint density at radius 1 is 1.11 bits per heavy atom. The van der Waals surface area contributed by atoms with Crippen LogP contribution in [-0.4, -0.2) is 107 Å². The SMILES string of the molecule is COCCN1CCC(Nc2cc(C(=O)N3CC[C@@H](N4CCc5ccccc5C4)[C@H](O)C3)ncn2)CC1. The molecule has 0 radical (unpaired) electrons. The van der Waals surface area contributed by atoms with Gasteiger partial charge >= 0.3 is 0 Å². The van der Waals surface area contributed by atoms with Crippen molar-refractivity contribution < 1.29 is 14.6 Å². The lowest BCUT2D eigenvalue weighted by Gasteiger charge is -2.43. The first-order chi connectivity index (χ1) is 17.6. The van der Waals surface area contributed by atoms with Gasteiger partial charge in [-0.1, -0.05) is 24.3 Å². The second-order valence-electron chi connectivity index (χ2n) is 10.2. The zero-order valence-electron chi connectivity index (χ0n) is 21.2. The lowest BCUT2D eigenvalue weighted by atomic mass is 9.94. The second kappa shape index (κ2) is 11.6. The molecule has 36 heavy (non-hydrogen) atoms. The summed E-state index contributed by atoms with van der Waals surface area (Å²) in [5, 5.41) is 14.5. The number of hydrogen-bond donors (Lipinski definition) is 2. The van der Waals surface area contributed by atoms with E-state index in [4.69, 9.17) is 4.74 Å². The number of rotatable bonds is 7. The lowest BCUT2D eigenvalue weighted by Crippen LogP contribution is -2.56. The number of fused-ring (bicyclic) bond motifs is 1. The number of aromatic nitrogens is 2. The maximum atomic E-state index is 13.2. The highest BCUT2D eigenvalue weighted by molar-refractivity contribution is 5.93. The van der Waals surface area contributed by atoms with Crippen LogP contribution in [0.15, 0.2) is 36.7 Å². The molecule has 3 aliphatic rings. The molecule has 2 saturated heterocycles. The summed E-state index contributed by atoms with van der Waals surface area (Å²) in [6.45, 7) is 6.51. The Balaban J connectivity index is 1.14. The van der Waals surface area contributed by atoms with Crippen LogP contribution in [0.2, 0.25) is 0 Å². The Kier molecular flexibility index (Phi) is 8.11. The monoisotopic (exact) mass is 494 g/mol. The molecule has 2 aromatic rings. The fraction of sp³-hybridized carbons (Fsp3) is 0.593. The standard InChI is InChI=1S/C27H38N6O3/c1-36-15-14-31-10-7-22(8-11-31)30-26-16-23(28-19-29-26)27(35)33-13-9-24(25(34)18-33)32-12-6-20-4-2-3-5-21(20)17-32/h2-5,16,19,22,24-25,34H,6-15,17-18H2,1H3,(H,28,29,30)/t24-,25-/m1/s1. The number of likely N-dealkylation sites (tertiary alicyclic amines) is 2. The number of ether oxygens (including phenoxy) is 1. The van der Waals surface area contributed by atoms with Gasteiger partial charge in [-0.2, -0.15) is 0 Å². The zero-order valence-corrected chi connectivity index (χ0v) is 21.2. The summed E-state index contributed by atoms with van der Waals surface area (Å²) in [5.41, 5.74) is 3.12. The summed E-state index contributed by atoms with van der Waals surface area (Å²) in [6.07, 6.45) is 4.70. The number of anilines is 1. The summed E-state index contributed by atoms with van der Waals surface area (Å²) in [7, 11) is 1.74. The van der Waals surface area contributed by atoms with E-state index in [-0.39, 0.29) is 11.9 Å². The number of nitrogens with zero attached hydrogens (tertiary/aromatic N) is 5. The van der Waals surface area contributed by atoms with E-state index in [1.54, 1.807) is 18.1 Å². The highest BCUT2D eigenvalue weighted by Gasteiger charge is 2.35. The van der Waals surface area contributed by atoms with Gasteiger partial charge in [0.25, 0.3) is 5.91 Å². The van der Waals surface area contributed by atoms with Crippen LogP contribution in [-0.2, 0) is 17.7 Å². The molecule has 3 aliphatic heterocycles. The highest BCUT2D eigenvalue weighted by Crippen LogP contribution is 2.26. The van der Waals surface area contributed by atoms with E-state index in [1.807, 2.05) is 0 Å². The van der Waals surface area contributed by atoms with E-state index < -0.39 is 6.10 Å². The number of hydrogen-bond acceptors (Lipinski definition) is 8. The molecule has 0 saturated carbocycles. The van der Waals surface area contributed by atoms with E-state index in [0.29, 0.717) is 30.6 Å². The van der Waals surface area contributed by atoms with Crippen LogP contribution in [0, 0.1) is 0 Å². The predicted octanol–water partition coefficient (Wildman–Crippen LogP) is 1.63. The molecule has 0 spiro atoms. The number of aliphatic hydroxyl groups excluding tert-OH is 1. The number of benzene rings is 1. The number of aliphatic hydroxyl groups is 1. The number of carbonyl (C=O) groups is 1. The minimum Gasteiger partial charge on any atom is -0.390 e. The van der Waals surface area contributed by atoms with Crippen LogP contribution in [0.4, 0.5) is 5.82 Å². The van der Waals surface area contributed by atoms with Gasteiger partial charge in [0.1, 0.15) is 17.8 Å². The molecule has 2 fully saturated rings. The first-order valence-corrected chi connectivity index (χ1v) is 13.2. The molecule has 1 aromatic heterocycles. The highest BCUT2D eigenvalue weighted by atomic mass is 16.5. The maximum Gasteiger partial charge on any atom is 0.272 e. The molecular weight excluding hydrogens is 456 g/mol. The number of carbonyl (C=O) groups excluding carboxylic acids is 1. The molecule has 0 aliphatic carbocycles. The number of β-amino-alcohol motifs (C(OH)–C–C–N with tert-alkyl or cyclic N) is 1. The molecule has 0 unspecified atom stereocenters. The number of methoxy groups -OCH3 is 1. The molecule has 1 amide bonds. The molecule has 2 N–H and O–H groups in total. The Morgan fingerprint density at radius 2 is 1.92 bits per heavy atom. The molecule has 5 rings (SSSR count). The maximum absolute atomic E-state index is 13.2. The van der Waals surface area contributed by atoms with Crippen molar-refractivity contribution in [1.29, 1.82) is 0 Å². The van der Waals surface area contributed by atoms with Crippen molar-refractivity contribution in [3.8, 4) is 0 Å². The van der Waals surface area contributed by atoms with Gasteiger partial charge < -0.3 is 25.0 Å². The van der Waals surface area contributed by atoms with Gasteiger partial charge in [-0.15, -0.1) is 0 Å². The van der Waals surface area contributed by atoms with Gasteiger partial charge in [0.2, 0.25) is 0 Å². The van der Waals surface area contributed by atoms with Gasteiger partial charge in [-0.05, 0) is 36.8 Å². The predicted molar refractivity (Wildman–Crippen MR) is 138 cm³/mol. The number of amides is 1. The zero-order chi connectivity index (χ0) is 24.9. The quantitative estimate of drug-likeness (QED) is 0.600. The van der Waals surface area contributed by atoms with Crippen molar-refractivity contribution in [3.63, 3.8) is 0 Å². The van der Waals surface area contributed by atoms with Gasteiger partial charge in [0.05, 0.1) is 12.7 Å². The largest absolute Gasteiger partial charge is 0.390 e. The average molecular weight is 495 g/mol. The smallest absolute Gasteiger partial charge is 0.272 e. The van der Waals surface area contributed by atoms with Gasteiger partial charge in [-0.3, -0.25) is 9.69 Å². The third kappa shape index (κ3) is 5.86. The first kappa shape index (κ1) is 25.1. The molecule has 2 atom stereocenters. The molecule has 4 heterocycles. The van der Waals surface area contributed by atoms with Crippen molar-refractivity contribution in [3.05, 3.63) is 53.5 Å². The summed E-state index contributed by atoms with van der Waals surface area (Å²) in [6, 6.07) is 10.7. The molecule has 1 aromatic carbocycles. The van der Waals surface area contributed by atoms with Crippen molar-refractivity contribution in [2.75, 3.05) is 58.3 Å². The van der Waals surface area contributed by atoms with Crippen LogP contribution >= 0.6 is 0 Å². The van der Waals surface area contributed by atoms with E-state index in [0.717, 1.165) is 65.0 Å². The minimum absolute atomic E-state index is 0.0692. The van der Waals surface area contributed by atoms with Crippen LogP contribution in [0.3, 0.4) is 0 Å². The molecule has 194 valence electrons. The molecule has 9 nitrogen and oxygen atoms in total. The summed E-state index contributed by atoms with van der Waals surface area (Å²) >= 11 is 0. The topological polar surface area (TPSA) is 94.1 Å². The Morgan fingerprint density at radius 3 is 2.69 bits per heavy atom. The van der Waals surface area contributed by atoms with Crippen LogP contribution in [0.5, 0.6) is 0 Å². The van der Waals surface area contributed by atoms with E-state index in [9.17, 15) is 9.90 Å². The normalized spacial score (nSPS) is 23.9. The Labute approximate surface area is 213 Å². The molecule has 9 heteroatoms. The van der Waals surface area contributed by atoms with E-state index >= 15 is 0 Å². The van der Waals surface area contributed by atoms with Gasteiger partial charge in [-0.25, -0.2) is 9.97 Å². The minimum atomic E-state index is -0.573. The number of piperidine rings is 2. The van der Waals surface area contributed by atoms with Gasteiger partial charge in [0.15, 0.2) is 0 Å². The summed E-state index contributed by atoms with van der Waals surface area (Å²) in [4.78, 5) is 28.4. The third-order valence-corrected chi connectivity index (χ3v) is 7.90. The van der Waals surface area contributed by atoms with Gasteiger partial charge in [0, 0.05) is 71.1 Å². The Hall–Kier alpha value is -2.59. The van der Waals surface area contributed by atoms with E-state index in [2.05, 4.69) is 49.4 Å². The molecule has 0 bridgehead atoms. The second-order valence-corrected chi connectivity index (χ2v) is 10.2. The van der Waals surface area contributed by atoms with Crippen LogP contribution in [0.25, 0.3) is 0 Å². The molecular formula is C27H38N6O3. The number of nitrogens with one attached hydrogen (secondary N) is 1. The van der Waals surface area contributed by atoms with Crippen molar-refractivity contribution >= 4 is 11.7 Å². The van der Waals surface area contributed by atoms with Crippen LogP contribution < -0.4 is 5.32 Å². The fourth-order valence-corrected chi connectivity index (χ4v) is 5.78. The van der Waals surface area contributed by atoms with Crippen molar-refractivity contribution in [2.24, 2.45) is 0 Å². The fourth-order valence-electron chi connectivity index (χ4n) is 5.78. The average Bonchev–Trinajstić information content (AvgIpc) is 2.92. The van der Waals surface area contributed by atoms with Crippen molar-refractivity contribution in [1.82, 2.24) is 24.7 Å². The lowest BCUT2D eigenvalue weighted by molar-refractivity contribution is -0.0139. The Bertz CT molecular complexity index is 1030. The first-order valence-electron chi connectivity index (χ1n) is 13.2.